The largest absolute Gasteiger partial charge is 0.481 e. The maximum absolute atomic E-state index is 12.6. The first-order valence-corrected chi connectivity index (χ1v) is 8.56. The molecule has 1 aromatic carbocycles. The van der Waals surface area contributed by atoms with Crippen LogP contribution in [0.15, 0.2) is 29.1 Å². The minimum Gasteiger partial charge on any atom is -0.481 e. The van der Waals surface area contributed by atoms with Gasteiger partial charge in [-0.3, -0.25) is 18.7 Å². The smallest absolute Gasteiger partial charge is 0.328 e. The van der Waals surface area contributed by atoms with E-state index in [4.69, 9.17) is 0 Å². The molecule has 2 aromatic rings. The Morgan fingerprint density at radius 3 is 2.56 bits per heavy atom. The Hall–Kier alpha value is -2.57. The molecule has 2 heterocycles. The van der Waals surface area contributed by atoms with Gasteiger partial charge >= 0.3 is 11.7 Å². The molecule has 2 unspecified atom stereocenters. The number of hydrogen-bond donors (Lipinski definition) is 1. The van der Waals surface area contributed by atoms with Gasteiger partial charge in [0, 0.05) is 32.6 Å². The van der Waals surface area contributed by atoms with Crippen LogP contribution in [-0.4, -0.2) is 43.6 Å². The standard InChI is InChI=1S/C18H23N3O4/c1-12-7-8-13(17(23)24)11-21(12)16(22)9-10-20-15-6-4-3-5-14(15)19(2)18(20)25/h3-6,12-13H,7-11H2,1-2H3,(H,23,24). The van der Waals surface area contributed by atoms with Crippen LogP contribution in [0.1, 0.15) is 26.2 Å². The van der Waals surface area contributed by atoms with Crippen molar-refractivity contribution < 1.29 is 14.7 Å². The van der Waals surface area contributed by atoms with Gasteiger partial charge in [0.25, 0.3) is 0 Å². The van der Waals surface area contributed by atoms with Crippen LogP contribution in [-0.2, 0) is 23.2 Å². The second kappa shape index (κ2) is 6.74. The number of para-hydroxylation sites is 2. The van der Waals surface area contributed by atoms with Crippen molar-refractivity contribution in [2.75, 3.05) is 6.54 Å². The van der Waals surface area contributed by atoms with E-state index in [1.165, 1.54) is 0 Å². The summed E-state index contributed by atoms with van der Waals surface area (Å²) in [6.45, 7) is 2.49. The second-order valence-corrected chi connectivity index (χ2v) is 6.74. The van der Waals surface area contributed by atoms with Gasteiger partial charge in [0.1, 0.15) is 0 Å². The van der Waals surface area contributed by atoms with Gasteiger partial charge in [0.15, 0.2) is 0 Å². The highest BCUT2D eigenvalue weighted by atomic mass is 16.4. The van der Waals surface area contributed by atoms with Crippen molar-refractivity contribution in [3.8, 4) is 0 Å². The molecule has 0 radical (unpaired) electrons. The zero-order valence-electron chi connectivity index (χ0n) is 14.5. The Balaban J connectivity index is 1.75. The maximum Gasteiger partial charge on any atom is 0.328 e. The lowest BCUT2D eigenvalue weighted by Gasteiger charge is -2.36. The molecule has 3 rings (SSSR count). The number of carboxylic acid groups (broad SMARTS) is 1. The molecule has 2 atom stereocenters. The molecule has 134 valence electrons. The minimum absolute atomic E-state index is 0.0346. The zero-order chi connectivity index (χ0) is 18.1. The molecule has 1 fully saturated rings. The monoisotopic (exact) mass is 345 g/mol. The Morgan fingerprint density at radius 1 is 1.20 bits per heavy atom. The van der Waals surface area contributed by atoms with Gasteiger partial charge in [-0.2, -0.15) is 0 Å². The summed E-state index contributed by atoms with van der Waals surface area (Å²) in [5.74, 6) is -1.45. The van der Waals surface area contributed by atoms with E-state index in [9.17, 15) is 19.5 Å². The number of aryl methyl sites for hydroxylation is 2. The van der Waals surface area contributed by atoms with Crippen LogP contribution in [0.5, 0.6) is 0 Å². The summed E-state index contributed by atoms with van der Waals surface area (Å²) in [6, 6.07) is 7.51. The lowest BCUT2D eigenvalue weighted by molar-refractivity contribution is -0.147. The van der Waals surface area contributed by atoms with Crippen molar-refractivity contribution in [1.29, 1.82) is 0 Å². The number of aliphatic carboxylic acids is 1. The molecule has 0 saturated carbocycles. The Labute approximate surface area is 145 Å². The molecule has 0 aliphatic carbocycles. The summed E-state index contributed by atoms with van der Waals surface area (Å²) < 4.78 is 3.18. The third kappa shape index (κ3) is 3.18. The predicted octanol–water partition coefficient (Wildman–Crippen LogP) is 1.44. The summed E-state index contributed by atoms with van der Waals surface area (Å²) in [5, 5.41) is 9.20. The van der Waals surface area contributed by atoms with Gasteiger partial charge < -0.3 is 10.0 Å². The van der Waals surface area contributed by atoms with Crippen LogP contribution in [0.3, 0.4) is 0 Å². The van der Waals surface area contributed by atoms with E-state index in [0.29, 0.717) is 19.4 Å². The number of fused-ring (bicyclic) bond motifs is 1. The van der Waals surface area contributed by atoms with Crippen LogP contribution in [0, 0.1) is 5.92 Å². The predicted molar refractivity (Wildman–Crippen MR) is 93.3 cm³/mol. The third-order valence-electron chi connectivity index (χ3n) is 5.15. The maximum atomic E-state index is 12.6. The fourth-order valence-electron chi connectivity index (χ4n) is 3.59. The number of carboxylic acids is 1. The van der Waals surface area contributed by atoms with Crippen molar-refractivity contribution in [3.63, 3.8) is 0 Å². The molecule has 1 aliphatic heterocycles. The summed E-state index contributed by atoms with van der Waals surface area (Å²) in [5.41, 5.74) is 1.49. The van der Waals surface area contributed by atoms with E-state index in [2.05, 4.69) is 0 Å². The molecular weight excluding hydrogens is 322 g/mol. The fourth-order valence-corrected chi connectivity index (χ4v) is 3.59. The molecule has 25 heavy (non-hydrogen) atoms. The number of likely N-dealkylation sites (tertiary alicyclic amines) is 1. The molecular formula is C18H23N3O4. The first-order valence-electron chi connectivity index (χ1n) is 8.56. The Morgan fingerprint density at radius 2 is 1.88 bits per heavy atom. The lowest BCUT2D eigenvalue weighted by atomic mass is 9.93. The highest BCUT2D eigenvalue weighted by molar-refractivity contribution is 5.79. The highest BCUT2D eigenvalue weighted by Crippen LogP contribution is 2.23. The van der Waals surface area contributed by atoms with Crippen LogP contribution >= 0.6 is 0 Å². The van der Waals surface area contributed by atoms with Gasteiger partial charge in [-0.25, -0.2) is 4.79 Å². The van der Waals surface area contributed by atoms with Gasteiger partial charge in [0.05, 0.1) is 17.0 Å². The highest BCUT2D eigenvalue weighted by Gasteiger charge is 2.32. The number of amides is 1. The molecule has 1 saturated heterocycles. The molecule has 1 aliphatic rings. The van der Waals surface area contributed by atoms with Crippen molar-refractivity contribution >= 4 is 22.9 Å². The minimum atomic E-state index is -0.852. The first kappa shape index (κ1) is 17.3. The first-order chi connectivity index (χ1) is 11.9. The molecule has 0 bridgehead atoms. The van der Waals surface area contributed by atoms with E-state index in [0.717, 1.165) is 11.0 Å². The van der Waals surface area contributed by atoms with Crippen LogP contribution in [0.2, 0.25) is 0 Å². The van der Waals surface area contributed by atoms with Crippen molar-refractivity contribution in [1.82, 2.24) is 14.0 Å². The number of aromatic nitrogens is 2. The Bertz CT molecular complexity index is 867. The van der Waals surface area contributed by atoms with E-state index in [-0.39, 0.29) is 30.6 Å². The van der Waals surface area contributed by atoms with Crippen molar-refractivity contribution in [2.24, 2.45) is 13.0 Å². The van der Waals surface area contributed by atoms with Gasteiger partial charge in [-0.15, -0.1) is 0 Å². The molecule has 0 spiro atoms. The fraction of sp³-hybridized carbons (Fsp3) is 0.500. The van der Waals surface area contributed by atoms with Crippen molar-refractivity contribution in [3.05, 3.63) is 34.7 Å². The average molecular weight is 345 g/mol. The summed E-state index contributed by atoms with van der Waals surface area (Å²) in [7, 11) is 1.72. The number of benzene rings is 1. The van der Waals surface area contributed by atoms with Crippen LogP contribution in [0.25, 0.3) is 11.0 Å². The van der Waals surface area contributed by atoms with E-state index in [1.807, 2.05) is 31.2 Å². The van der Waals surface area contributed by atoms with E-state index in [1.54, 1.807) is 21.1 Å². The molecule has 1 N–H and O–H groups in total. The SMILES string of the molecule is CC1CCC(C(=O)O)CN1C(=O)CCn1c(=O)n(C)c2ccccc21. The summed E-state index contributed by atoms with van der Waals surface area (Å²) in [4.78, 5) is 37.9. The van der Waals surface area contributed by atoms with Gasteiger partial charge in [-0.05, 0) is 31.9 Å². The number of rotatable bonds is 4. The normalized spacial score (nSPS) is 20.8. The van der Waals surface area contributed by atoms with Crippen molar-refractivity contribution in [2.45, 2.75) is 38.8 Å². The second-order valence-electron chi connectivity index (χ2n) is 6.74. The average Bonchev–Trinajstić information content (AvgIpc) is 2.84. The Kier molecular flexibility index (Phi) is 4.65. The molecule has 7 heteroatoms. The number of hydrogen-bond acceptors (Lipinski definition) is 3. The number of piperidine rings is 1. The van der Waals surface area contributed by atoms with Crippen LogP contribution in [0.4, 0.5) is 0 Å². The molecule has 7 nitrogen and oxygen atoms in total. The summed E-state index contributed by atoms with van der Waals surface area (Å²) >= 11 is 0. The van der Waals surface area contributed by atoms with E-state index < -0.39 is 11.9 Å². The van der Waals surface area contributed by atoms with Crippen LogP contribution < -0.4 is 5.69 Å². The van der Waals surface area contributed by atoms with Gasteiger partial charge in [0.2, 0.25) is 5.91 Å². The number of nitrogens with zero attached hydrogens (tertiary/aromatic N) is 3. The zero-order valence-corrected chi connectivity index (χ0v) is 14.5. The number of carbonyl (C=O) groups excluding carboxylic acids is 1. The van der Waals surface area contributed by atoms with E-state index >= 15 is 0 Å². The quantitative estimate of drug-likeness (QED) is 0.909. The molecule has 1 amide bonds. The number of carbonyl (C=O) groups is 2. The molecule has 1 aromatic heterocycles. The summed E-state index contributed by atoms with van der Waals surface area (Å²) in [6.07, 6.45) is 1.48. The lowest BCUT2D eigenvalue weighted by Crippen LogP contribution is -2.47. The third-order valence-corrected chi connectivity index (χ3v) is 5.15. The van der Waals surface area contributed by atoms with Gasteiger partial charge in [-0.1, -0.05) is 12.1 Å². The topological polar surface area (TPSA) is 84.5 Å². The number of imidazole rings is 1.